The number of nitrogens with zero attached hydrogens (tertiary/aromatic N) is 1. The zero-order valence-electron chi connectivity index (χ0n) is 11.9. The molecule has 19 heavy (non-hydrogen) atoms. The summed E-state index contributed by atoms with van der Waals surface area (Å²) in [4.78, 5) is 4.32. The monoisotopic (exact) mass is 256 g/mol. The third-order valence-corrected chi connectivity index (χ3v) is 3.00. The molecule has 0 atom stereocenters. The van der Waals surface area contributed by atoms with Gasteiger partial charge in [-0.05, 0) is 39.4 Å². The summed E-state index contributed by atoms with van der Waals surface area (Å²) in [5.41, 5.74) is 4.41. The van der Waals surface area contributed by atoms with Crippen LogP contribution < -0.4 is 10.1 Å². The van der Waals surface area contributed by atoms with Gasteiger partial charge < -0.3 is 10.1 Å². The van der Waals surface area contributed by atoms with Crippen LogP contribution in [-0.4, -0.2) is 12.0 Å². The van der Waals surface area contributed by atoms with Crippen molar-refractivity contribution in [1.29, 1.82) is 0 Å². The van der Waals surface area contributed by atoms with Crippen LogP contribution in [0.3, 0.4) is 0 Å². The topological polar surface area (TPSA) is 34.2 Å². The van der Waals surface area contributed by atoms with Crippen molar-refractivity contribution in [2.45, 2.75) is 27.3 Å². The predicted molar refractivity (Wildman–Crippen MR) is 77.7 cm³/mol. The minimum absolute atomic E-state index is 0.744. The summed E-state index contributed by atoms with van der Waals surface area (Å²) in [6.45, 7) is 6.86. The van der Waals surface area contributed by atoms with Crippen molar-refractivity contribution in [3.05, 3.63) is 52.8 Å². The molecule has 0 aliphatic carbocycles. The van der Waals surface area contributed by atoms with Gasteiger partial charge in [-0.3, -0.25) is 4.98 Å². The molecule has 1 heterocycles. The van der Waals surface area contributed by atoms with Gasteiger partial charge in [0.2, 0.25) is 0 Å². The van der Waals surface area contributed by atoms with E-state index in [0.29, 0.717) is 0 Å². The van der Waals surface area contributed by atoms with Crippen molar-refractivity contribution < 1.29 is 4.74 Å². The highest BCUT2D eigenvalue weighted by Crippen LogP contribution is 2.28. The zero-order valence-corrected chi connectivity index (χ0v) is 11.9. The molecule has 0 fully saturated rings. The maximum Gasteiger partial charge on any atom is 0.135 e. The van der Waals surface area contributed by atoms with Gasteiger partial charge in [0.25, 0.3) is 0 Å². The summed E-state index contributed by atoms with van der Waals surface area (Å²) in [6, 6.07) is 8.19. The second-order valence-electron chi connectivity index (χ2n) is 4.83. The van der Waals surface area contributed by atoms with Gasteiger partial charge in [-0.2, -0.15) is 0 Å². The van der Waals surface area contributed by atoms with Crippen LogP contribution in [-0.2, 0) is 6.54 Å². The van der Waals surface area contributed by atoms with Crippen LogP contribution >= 0.6 is 0 Å². The first kappa shape index (κ1) is 13.6. The fourth-order valence-electron chi connectivity index (χ4n) is 2.01. The van der Waals surface area contributed by atoms with Crippen molar-refractivity contribution >= 4 is 0 Å². The van der Waals surface area contributed by atoms with E-state index in [4.69, 9.17) is 4.74 Å². The van der Waals surface area contributed by atoms with Crippen molar-refractivity contribution in [3.63, 3.8) is 0 Å². The lowest BCUT2D eigenvalue weighted by atomic mass is 10.1. The van der Waals surface area contributed by atoms with Gasteiger partial charge in [-0.15, -0.1) is 0 Å². The van der Waals surface area contributed by atoms with Crippen LogP contribution in [0.5, 0.6) is 11.5 Å². The average Bonchev–Trinajstić information content (AvgIpc) is 2.36. The lowest BCUT2D eigenvalue weighted by Gasteiger charge is -2.13. The van der Waals surface area contributed by atoms with E-state index in [9.17, 15) is 0 Å². The summed E-state index contributed by atoms with van der Waals surface area (Å²) < 4.78 is 6.05. The normalized spacial score (nSPS) is 10.5. The van der Waals surface area contributed by atoms with Gasteiger partial charge in [0.15, 0.2) is 0 Å². The van der Waals surface area contributed by atoms with Gasteiger partial charge in [0, 0.05) is 30.1 Å². The number of pyridine rings is 1. The van der Waals surface area contributed by atoms with Crippen molar-refractivity contribution in [2.75, 3.05) is 7.05 Å². The van der Waals surface area contributed by atoms with Crippen LogP contribution in [0.15, 0.2) is 30.5 Å². The first-order chi connectivity index (χ1) is 9.10. The van der Waals surface area contributed by atoms with Crippen LogP contribution in [0, 0.1) is 20.8 Å². The lowest BCUT2D eigenvalue weighted by Crippen LogP contribution is -2.07. The molecular weight excluding hydrogens is 236 g/mol. The third kappa shape index (κ3) is 3.32. The number of nitrogens with one attached hydrogen (secondary N) is 1. The van der Waals surface area contributed by atoms with E-state index >= 15 is 0 Å². The Labute approximate surface area is 114 Å². The van der Waals surface area contributed by atoms with E-state index < -0.39 is 0 Å². The summed E-state index contributed by atoms with van der Waals surface area (Å²) in [5, 5.41) is 3.13. The number of hydrogen-bond donors (Lipinski definition) is 1. The van der Waals surface area contributed by atoms with Crippen LogP contribution in [0.2, 0.25) is 0 Å². The standard InChI is InChI=1S/C16H20N2O/c1-11-5-6-15(12(2)7-11)19-16-8-13(3)18-10-14(16)9-17-4/h5-8,10,17H,9H2,1-4H3. The van der Waals surface area contributed by atoms with Crippen LogP contribution in [0.1, 0.15) is 22.4 Å². The highest BCUT2D eigenvalue weighted by molar-refractivity contribution is 5.42. The number of benzene rings is 1. The number of rotatable bonds is 4. The Morgan fingerprint density at radius 3 is 2.58 bits per heavy atom. The first-order valence-electron chi connectivity index (χ1n) is 6.45. The van der Waals surface area contributed by atoms with E-state index in [1.165, 1.54) is 5.56 Å². The molecule has 0 aliphatic heterocycles. The highest BCUT2D eigenvalue weighted by Gasteiger charge is 2.07. The summed E-state index contributed by atoms with van der Waals surface area (Å²) in [7, 11) is 1.92. The Morgan fingerprint density at radius 2 is 1.89 bits per heavy atom. The zero-order chi connectivity index (χ0) is 13.8. The lowest BCUT2D eigenvalue weighted by molar-refractivity contribution is 0.469. The Kier molecular flexibility index (Phi) is 4.17. The van der Waals surface area contributed by atoms with E-state index in [1.54, 1.807) is 0 Å². The Balaban J connectivity index is 2.33. The fourth-order valence-corrected chi connectivity index (χ4v) is 2.01. The quantitative estimate of drug-likeness (QED) is 0.908. The number of aryl methyl sites for hydroxylation is 3. The highest BCUT2D eigenvalue weighted by atomic mass is 16.5. The Hall–Kier alpha value is -1.87. The van der Waals surface area contributed by atoms with E-state index in [1.807, 2.05) is 32.3 Å². The second kappa shape index (κ2) is 5.85. The molecule has 0 spiro atoms. The van der Waals surface area contributed by atoms with E-state index in [0.717, 1.165) is 34.9 Å². The van der Waals surface area contributed by atoms with Gasteiger partial charge >= 0.3 is 0 Å². The molecule has 1 aromatic carbocycles. The van der Waals surface area contributed by atoms with Crippen LogP contribution in [0.4, 0.5) is 0 Å². The van der Waals surface area contributed by atoms with Crippen molar-refractivity contribution in [3.8, 4) is 11.5 Å². The average molecular weight is 256 g/mol. The molecule has 1 aromatic heterocycles. The van der Waals surface area contributed by atoms with Gasteiger partial charge in [-0.1, -0.05) is 17.7 Å². The Bertz CT molecular complexity index is 579. The maximum absolute atomic E-state index is 6.05. The second-order valence-corrected chi connectivity index (χ2v) is 4.83. The van der Waals surface area contributed by atoms with Crippen molar-refractivity contribution in [1.82, 2.24) is 10.3 Å². The SMILES string of the molecule is CNCc1cnc(C)cc1Oc1ccc(C)cc1C. The molecule has 0 radical (unpaired) electrons. The van der Waals surface area contributed by atoms with Crippen molar-refractivity contribution in [2.24, 2.45) is 0 Å². The number of ether oxygens (including phenoxy) is 1. The first-order valence-corrected chi connectivity index (χ1v) is 6.45. The molecule has 3 heteroatoms. The largest absolute Gasteiger partial charge is 0.457 e. The van der Waals surface area contributed by atoms with Crippen LogP contribution in [0.25, 0.3) is 0 Å². The Morgan fingerprint density at radius 1 is 1.11 bits per heavy atom. The molecular formula is C16H20N2O. The molecule has 1 N–H and O–H groups in total. The minimum Gasteiger partial charge on any atom is -0.457 e. The summed E-state index contributed by atoms with van der Waals surface area (Å²) in [6.07, 6.45) is 1.87. The molecule has 0 amide bonds. The molecule has 2 rings (SSSR count). The minimum atomic E-state index is 0.744. The van der Waals surface area contributed by atoms with E-state index in [-0.39, 0.29) is 0 Å². The molecule has 2 aromatic rings. The third-order valence-electron chi connectivity index (χ3n) is 3.00. The smallest absolute Gasteiger partial charge is 0.135 e. The summed E-state index contributed by atoms with van der Waals surface area (Å²) >= 11 is 0. The molecule has 100 valence electrons. The predicted octanol–water partition coefficient (Wildman–Crippen LogP) is 3.52. The van der Waals surface area contributed by atoms with E-state index in [2.05, 4.69) is 36.3 Å². The number of hydrogen-bond acceptors (Lipinski definition) is 3. The van der Waals surface area contributed by atoms with Gasteiger partial charge in [-0.25, -0.2) is 0 Å². The van der Waals surface area contributed by atoms with Gasteiger partial charge in [0.1, 0.15) is 11.5 Å². The molecule has 0 unspecified atom stereocenters. The molecule has 0 aliphatic rings. The molecule has 0 saturated carbocycles. The summed E-state index contributed by atoms with van der Waals surface area (Å²) in [5.74, 6) is 1.77. The molecule has 0 bridgehead atoms. The maximum atomic E-state index is 6.05. The van der Waals surface area contributed by atoms with Gasteiger partial charge in [0.05, 0.1) is 0 Å². The molecule has 0 saturated heterocycles. The number of aromatic nitrogens is 1. The molecule has 3 nitrogen and oxygen atoms in total. The fraction of sp³-hybridized carbons (Fsp3) is 0.312.